The molecule has 0 aromatic heterocycles. The van der Waals surface area contributed by atoms with Gasteiger partial charge in [-0.25, -0.2) is 5.84 Å². The van der Waals surface area contributed by atoms with Gasteiger partial charge in [0.25, 0.3) is 0 Å². The standard InChI is InChI=1S/C6H14N4/c1-4-2-5(4)3-9-6(7)10-8/h4-5H,2-3,8H2,1H3,(H3,7,9,10). The number of aliphatic imine (C=N–C) groups is 1. The lowest BCUT2D eigenvalue weighted by Crippen LogP contribution is -2.37. The van der Waals surface area contributed by atoms with E-state index in [0.29, 0.717) is 5.96 Å². The highest BCUT2D eigenvalue weighted by Gasteiger charge is 2.31. The highest BCUT2D eigenvalue weighted by Crippen LogP contribution is 2.37. The van der Waals surface area contributed by atoms with E-state index in [-0.39, 0.29) is 0 Å². The van der Waals surface area contributed by atoms with Crippen molar-refractivity contribution in [1.29, 1.82) is 0 Å². The predicted octanol–water partition coefficient (Wildman–Crippen LogP) is -0.580. The van der Waals surface area contributed by atoms with Gasteiger partial charge < -0.3 is 5.73 Å². The maximum atomic E-state index is 5.31. The van der Waals surface area contributed by atoms with E-state index in [4.69, 9.17) is 11.6 Å². The second kappa shape index (κ2) is 2.88. The van der Waals surface area contributed by atoms with E-state index in [9.17, 15) is 0 Å². The van der Waals surface area contributed by atoms with Crippen LogP contribution in [0.5, 0.6) is 0 Å². The first-order chi connectivity index (χ1) is 4.74. The third kappa shape index (κ3) is 1.88. The number of hydrazine groups is 1. The van der Waals surface area contributed by atoms with Crippen molar-refractivity contribution >= 4 is 5.96 Å². The molecule has 1 aliphatic rings. The van der Waals surface area contributed by atoms with E-state index < -0.39 is 0 Å². The van der Waals surface area contributed by atoms with Crippen LogP contribution in [0.4, 0.5) is 0 Å². The van der Waals surface area contributed by atoms with Crippen LogP contribution in [0.15, 0.2) is 4.99 Å². The summed E-state index contributed by atoms with van der Waals surface area (Å²) in [6.45, 7) is 3.03. The number of rotatable bonds is 2. The predicted molar refractivity (Wildman–Crippen MR) is 41.1 cm³/mol. The molecule has 10 heavy (non-hydrogen) atoms. The molecule has 58 valence electrons. The van der Waals surface area contributed by atoms with E-state index in [0.717, 1.165) is 18.4 Å². The summed E-state index contributed by atoms with van der Waals surface area (Å²) in [6.07, 6.45) is 1.28. The van der Waals surface area contributed by atoms with Crippen molar-refractivity contribution in [1.82, 2.24) is 5.43 Å². The van der Waals surface area contributed by atoms with E-state index in [1.807, 2.05) is 0 Å². The zero-order valence-electron chi connectivity index (χ0n) is 6.17. The number of nitrogens with two attached hydrogens (primary N) is 2. The molecule has 2 unspecified atom stereocenters. The zero-order chi connectivity index (χ0) is 7.56. The maximum absolute atomic E-state index is 5.31. The maximum Gasteiger partial charge on any atom is 0.203 e. The summed E-state index contributed by atoms with van der Waals surface area (Å²) in [5.41, 5.74) is 7.60. The lowest BCUT2D eigenvalue weighted by Gasteiger charge is -1.96. The molecule has 0 radical (unpaired) electrons. The molecule has 1 saturated carbocycles. The number of nitrogens with one attached hydrogen (secondary N) is 1. The summed E-state index contributed by atoms with van der Waals surface area (Å²) in [4.78, 5) is 4.01. The lowest BCUT2D eigenvalue weighted by molar-refractivity contribution is 0.756. The average molecular weight is 142 g/mol. The van der Waals surface area contributed by atoms with Crippen LogP contribution in [0, 0.1) is 11.8 Å². The highest BCUT2D eigenvalue weighted by molar-refractivity contribution is 5.77. The van der Waals surface area contributed by atoms with Gasteiger partial charge in [-0.05, 0) is 18.3 Å². The summed E-state index contributed by atoms with van der Waals surface area (Å²) in [5, 5.41) is 0. The Hall–Kier alpha value is -0.770. The molecule has 0 spiro atoms. The third-order valence-corrected chi connectivity index (χ3v) is 1.92. The molecule has 1 fully saturated rings. The van der Waals surface area contributed by atoms with Gasteiger partial charge in [-0.1, -0.05) is 6.92 Å². The van der Waals surface area contributed by atoms with E-state index in [1.54, 1.807) is 0 Å². The average Bonchev–Trinajstić information content (AvgIpc) is 2.61. The number of nitrogens with zero attached hydrogens (tertiary/aromatic N) is 1. The van der Waals surface area contributed by atoms with Gasteiger partial charge in [0.15, 0.2) is 0 Å². The molecule has 0 heterocycles. The lowest BCUT2D eigenvalue weighted by atomic mass is 10.3. The largest absolute Gasteiger partial charge is 0.369 e. The van der Waals surface area contributed by atoms with Crippen molar-refractivity contribution in [2.24, 2.45) is 28.4 Å². The van der Waals surface area contributed by atoms with Crippen LogP contribution in [-0.4, -0.2) is 12.5 Å². The molecule has 0 saturated heterocycles. The zero-order valence-corrected chi connectivity index (χ0v) is 6.17. The van der Waals surface area contributed by atoms with Gasteiger partial charge in [0, 0.05) is 6.54 Å². The molecule has 0 aromatic rings. The van der Waals surface area contributed by atoms with E-state index in [2.05, 4.69) is 17.3 Å². The molecule has 1 aliphatic carbocycles. The molecule has 1 rings (SSSR count). The summed E-state index contributed by atoms with van der Waals surface area (Å²) in [5.74, 6) is 6.91. The van der Waals surface area contributed by atoms with Gasteiger partial charge in [-0.3, -0.25) is 10.4 Å². The minimum atomic E-state index is 0.333. The Morgan fingerprint density at radius 1 is 1.80 bits per heavy atom. The number of hydrogen-bond donors (Lipinski definition) is 3. The van der Waals surface area contributed by atoms with Gasteiger partial charge in [-0.2, -0.15) is 0 Å². The van der Waals surface area contributed by atoms with Crippen LogP contribution < -0.4 is 17.0 Å². The van der Waals surface area contributed by atoms with Crippen molar-refractivity contribution in [2.75, 3.05) is 6.54 Å². The Kier molecular flexibility index (Phi) is 2.11. The molecule has 5 N–H and O–H groups in total. The Bertz CT molecular complexity index is 143. The van der Waals surface area contributed by atoms with Crippen LogP contribution in [0.1, 0.15) is 13.3 Å². The topological polar surface area (TPSA) is 76.4 Å². The van der Waals surface area contributed by atoms with Crippen molar-refractivity contribution in [2.45, 2.75) is 13.3 Å². The monoisotopic (exact) mass is 142 g/mol. The van der Waals surface area contributed by atoms with Gasteiger partial charge in [-0.15, -0.1) is 0 Å². The molecule has 4 heteroatoms. The Balaban J connectivity index is 2.15. The Labute approximate surface area is 60.7 Å². The number of guanidine groups is 1. The molecule has 0 aromatic carbocycles. The fraction of sp³-hybridized carbons (Fsp3) is 0.833. The van der Waals surface area contributed by atoms with Crippen LogP contribution in [0.25, 0.3) is 0 Å². The fourth-order valence-electron chi connectivity index (χ4n) is 0.915. The van der Waals surface area contributed by atoms with E-state index >= 15 is 0 Å². The summed E-state index contributed by atoms with van der Waals surface area (Å²) in [6, 6.07) is 0. The smallest absolute Gasteiger partial charge is 0.203 e. The summed E-state index contributed by atoms with van der Waals surface area (Å²) >= 11 is 0. The van der Waals surface area contributed by atoms with Crippen molar-refractivity contribution in [3.05, 3.63) is 0 Å². The summed E-state index contributed by atoms with van der Waals surface area (Å²) in [7, 11) is 0. The normalized spacial score (nSPS) is 32.0. The molecule has 4 nitrogen and oxygen atoms in total. The first-order valence-electron chi connectivity index (χ1n) is 3.50. The minimum Gasteiger partial charge on any atom is -0.369 e. The fourth-order valence-corrected chi connectivity index (χ4v) is 0.915. The van der Waals surface area contributed by atoms with E-state index in [1.165, 1.54) is 6.42 Å². The van der Waals surface area contributed by atoms with Crippen molar-refractivity contribution in [3.8, 4) is 0 Å². The summed E-state index contributed by atoms with van der Waals surface area (Å²) < 4.78 is 0. The van der Waals surface area contributed by atoms with Gasteiger partial charge in [0.1, 0.15) is 0 Å². The molecule has 0 bridgehead atoms. The minimum absolute atomic E-state index is 0.333. The first kappa shape index (κ1) is 7.34. The molecule has 0 amide bonds. The van der Waals surface area contributed by atoms with Crippen LogP contribution in [0.3, 0.4) is 0 Å². The third-order valence-electron chi connectivity index (χ3n) is 1.92. The SMILES string of the molecule is CC1CC1CN=C(N)NN. The second-order valence-corrected chi connectivity index (χ2v) is 2.84. The molecular formula is C6H14N4. The van der Waals surface area contributed by atoms with Crippen molar-refractivity contribution < 1.29 is 0 Å². The Morgan fingerprint density at radius 2 is 2.40 bits per heavy atom. The quantitative estimate of drug-likeness (QED) is 0.209. The molecule has 0 aliphatic heterocycles. The number of hydrogen-bond acceptors (Lipinski definition) is 2. The first-order valence-corrected chi connectivity index (χ1v) is 3.50. The Morgan fingerprint density at radius 3 is 2.80 bits per heavy atom. The van der Waals surface area contributed by atoms with Crippen LogP contribution in [-0.2, 0) is 0 Å². The van der Waals surface area contributed by atoms with Gasteiger partial charge in [0.05, 0.1) is 0 Å². The van der Waals surface area contributed by atoms with Crippen molar-refractivity contribution in [3.63, 3.8) is 0 Å². The molecular weight excluding hydrogens is 128 g/mol. The van der Waals surface area contributed by atoms with Crippen LogP contribution >= 0.6 is 0 Å². The highest BCUT2D eigenvalue weighted by atomic mass is 15.3. The van der Waals surface area contributed by atoms with Crippen LogP contribution in [0.2, 0.25) is 0 Å². The second-order valence-electron chi connectivity index (χ2n) is 2.84. The molecule has 2 atom stereocenters. The van der Waals surface area contributed by atoms with Gasteiger partial charge in [0.2, 0.25) is 5.96 Å². The van der Waals surface area contributed by atoms with Gasteiger partial charge >= 0.3 is 0 Å².